The average molecular weight is 463 g/mol. The molecule has 0 radical (unpaired) electrons. The molecule has 2 aliphatic rings. The molecule has 4 aromatic rings. The lowest BCUT2D eigenvalue weighted by Crippen LogP contribution is -2.37. The van der Waals surface area contributed by atoms with E-state index in [0.29, 0.717) is 17.1 Å². The Bertz CT molecular complexity index is 1350. The fourth-order valence-electron chi connectivity index (χ4n) is 5.69. The van der Waals surface area contributed by atoms with Crippen LogP contribution in [0.15, 0.2) is 24.8 Å². The van der Waals surface area contributed by atoms with Gasteiger partial charge in [-0.25, -0.2) is 18.9 Å². The van der Waals surface area contributed by atoms with Gasteiger partial charge in [-0.15, -0.1) is 0 Å². The molecule has 2 fully saturated rings. The summed E-state index contributed by atoms with van der Waals surface area (Å²) in [5.41, 5.74) is 5.46. The van der Waals surface area contributed by atoms with E-state index in [1.54, 1.807) is 17.0 Å². The van der Waals surface area contributed by atoms with Crippen molar-refractivity contribution in [3.63, 3.8) is 0 Å². The third-order valence-corrected chi connectivity index (χ3v) is 7.51. The van der Waals surface area contributed by atoms with E-state index in [4.69, 9.17) is 4.74 Å². The number of aromatic nitrogens is 5. The van der Waals surface area contributed by atoms with Gasteiger partial charge in [0.05, 0.1) is 30.6 Å². The van der Waals surface area contributed by atoms with Crippen LogP contribution < -0.4 is 4.90 Å². The fourth-order valence-corrected chi connectivity index (χ4v) is 5.69. The molecule has 0 spiro atoms. The monoisotopic (exact) mass is 462 g/mol. The van der Waals surface area contributed by atoms with E-state index in [1.807, 2.05) is 13.1 Å². The van der Waals surface area contributed by atoms with Crippen molar-refractivity contribution in [2.75, 3.05) is 31.2 Å². The highest BCUT2D eigenvalue weighted by Crippen LogP contribution is 2.39. The third-order valence-electron chi connectivity index (χ3n) is 7.51. The van der Waals surface area contributed by atoms with Crippen LogP contribution in [-0.4, -0.2) is 50.9 Å². The van der Waals surface area contributed by atoms with Crippen LogP contribution in [0.1, 0.15) is 50.2 Å². The summed E-state index contributed by atoms with van der Waals surface area (Å²) in [7, 11) is 0. The quantitative estimate of drug-likeness (QED) is 0.447. The Balaban J connectivity index is 1.36. The molecule has 6 rings (SSSR count). The van der Waals surface area contributed by atoms with Crippen LogP contribution in [-0.2, 0) is 4.74 Å². The Hall–Kier alpha value is -3.00. The van der Waals surface area contributed by atoms with Crippen LogP contribution >= 0.6 is 0 Å². The molecular weight excluding hydrogens is 431 g/mol. The summed E-state index contributed by atoms with van der Waals surface area (Å²) >= 11 is 0. The molecule has 0 atom stereocenters. The Kier molecular flexibility index (Phi) is 5.28. The van der Waals surface area contributed by atoms with Gasteiger partial charge in [0, 0.05) is 36.2 Å². The van der Waals surface area contributed by atoms with E-state index in [-0.39, 0.29) is 11.7 Å². The van der Waals surface area contributed by atoms with Gasteiger partial charge >= 0.3 is 0 Å². The van der Waals surface area contributed by atoms with Crippen molar-refractivity contribution in [3.8, 4) is 11.3 Å². The molecule has 34 heavy (non-hydrogen) atoms. The molecule has 0 aliphatic carbocycles. The molecule has 0 amide bonds. The van der Waals surface area contributed by atoms with Crippen LogP contribution in [0.25, 0.3) is 27.8 Å². The normalized spacial score (nSPS) is 17.9. The molecule has 0 aromatic carbocycles. The van der Waals surface area contributed by atoms with Crippen LogP contribution in [0.2, 0.25) is 0 Å². The Morgan fingerprint density at radius 2 is 1.97 bits per heavy atom. The van der Waals surface area contributed by atoms with Gasteiger partial charge in [-0.1, -0.05) is 13.8 Å². The molecule has 178 valence electrons. The molecule has 0 unspecified atom stereocenters. The maximum Gasteiger partial charge on any atom is 0.175 e. The van der Waals surface area contributed by atoms with E-state index in [2.05, 4.69) is 44.9 Å². The van der Waals surface area contributed by atoms with Crippen LogP contribution in [0.5, 0.6) is 0 Å². The summed E-state index contributed by atoms with van der Waals surface area (Å²) < 4.78 is 23.2. The maximum absolute atomic E-state index is 16.1. The number of hydrogen-bond donors (Lipinski definition) is 1. The number of rotatable bonds is 5. The standard InChI is InChI=1S/C26H31FN6O/c1-15(2)21-22-20(31-24(21)19-8-16(3)25-29-14-30-33(25)11-19)10-28-26(23(22)27)32-6-4-17(5-7-32)9-18-12-34-13-18/h8,10-11,14-15,17-18,31H,4-7,9,12-13H2,1-3H3. The van der Waals surface area contributed by atoms with Crippen molar-refractivity contribution in [2.24, 2.45) is 11.8 Å². The first-order valence-electron chi connectivity index (χ1n) is 12.3. The lowest BCUT2D eigenvalue weighted by atomic mass is 9.86. The number of nitrogens with zero attached hydrogens (tertiary/aromatic N) is 5. The second-order valence-electron chi connectivity index (χ2n) is 10.3. The zero-order valence-corrected chi connectivity index (χ0v) is 20.0. The van der Waals surface area contributed by atoms with Crippen LogP contribution in [0.4, 0.5) is 10.2 Å². The Morgan fingerprint density at radius 3 is 2.68 bits per heavy atom. The van der Waals surface area contributed by atoms with Crippen molar-refractivity contribution < 1.29 is 9.13 Å². The lowest BCUT2D eigenvalue weighted by Gasteiger charge is -2.36. The first-order valence-corrected chi connectivity index (χ1v) is 12.3. The van der Waals surface area contributed by atoms with Gasteiger partial charge in [0.15, 0.2) is 17.3 Å². The second-order valence-corrected chi connectivity index (χ2v) is 10.3. The Labute approximate surface area is 198 Å². The van der Waals surface area contributed by atoms with Crippen molar-refractivity contribution in [3.05, 3.63) is 41.7 Å². The number of anilines is 1. The number of halogens is 1. The summed E-state index contributed by atoms with van der Waals surface area (Å²) in [6, 6.07) is 2.09. The molecule has 4 aromatic heterocycles. The highest BCUT2D eigenvalue weighted by molar-refractivity contribution is 5.93. The van der Waals surface area contributed by atoms with Gasteiger partial charge in [-0.2, -0.15) is 5.10 Å². The van der Waals surface area contributed by atoms with Gasteiger partial charge in [0.2, 0.25) is 0 Å². The minimum absolute atomic E-state index is 0.135. The average Bonchev–Trinajstić information content (AvgIpc) is 3.42. The number of aryl methyl sites for hydroxylation is 1. The fraction of sp³-hybridized carbons (Fsp3) is 0.500. The number of H-pyrrole nitrogens is 1. The molecule has 0 bridgehead atoms. The van der Waals surface area contributed by atoms with E-state index in [0.717, 1.165) is 78.6 Å². The van der Waals surface area contributed by atoms with Crippen LogP contribution in [0.3, 0.4) is 0 Å². The van der Waals surface area contributed by atoms with Crippen LogP contribution in [0, 0.1) is 24.6 Å². The van der Waals surface area contributed by atoms with Crippen molar-refractivity contribution in [2.45, 2.75) is 46.0 Å². The summed E-state index contributed by atoms with van der Waals surface area (Å²) in [6.07, 6.45) is 8.71. The van der Waals surface area contributed by atoms with Gasteiger partial charge in [-0.3, -0.25) is 0 Å². The summed E-state index contributed by atoms with van der Waals surface area (Å²) in [6.45, 7) is 9.76. The predicted octanol–water partition coefficient (Wildman–Crippen LogP) is 5.10. The van der Waals surface area contributed by atoms with E-state index >= 15 is 4.39 Å². The zero-order valence-electron chi connectivity index (χ0n) is 20.0. The first kappa shape index (κ1) is 21.5. The Morgan fingerprint density at radius 1 is 1.18 bits per heavy atom. The first-order chi connectivity index (χ1) is 16.5. The molecular formula is C26H31FN6O. The molecule has 6 heterocycles. The van der Waals surface area contributed by atoms with Gasteiger partial charge < -0.3 is 14.6 Å². The minimum atomic E-state index is -0.215. The van der Waals surface area contributed by atoms with E-state index in [9.17, 15) is 0 Å². The number of fused-ring (bicyclic) bond motifs is 2. The number of piperidine rings is 1. The number of nitrogens with one attached hydrogen (secondary N) is 1. The van der Waals surface area contributed by atoms with Gasteiger partial charge in [0.1, 0.15) is 6.33 Å². The molecule has 0 saturated carbocycles. The number of aromatic amines is 1. The molecule has 8 heteroatoms. The van der Waals surface area contributed by atoms with Gasteiger partial charge in [-0.05, 0) is 55.2 Å². The highest BCUT2D eigenvalue weighted by atomic mass is 19.1. The van der Waals surface area contributed by atoms with Crippen molar-refractivity contribution >= 4 is 22.4 Å². The predicted molar refractivity (Wildman–Crippen MR) is 131 cm³/mol. The highest BCUT2D eigenvalue weighted by Gasteiger charge is 2.29. The number of pyridine rings is 2. The molecule has 7 nitrogen and oxygen atoms in total. The lowest BCUT2D eigenvalue weighted by molar-refractivity contribution is -0.0438. The summed E-state index contributed by atoms with van der Waals surface area (Å²) in [5.74, 6) is 1.82. The largest absolute Gasteiger partial charge is 0.381 e. The summed E-state index contributed by atoms with van der Waals surface area (Å²) in [4.78, 5) is 14.5. The number of hydrogen-bond acceptors (Lipinski definition) is 5. The molecule has 1 N–H and O–H groups in total. The SMILES string of the molecule is Cc1cc(-c2[nH]c3cnc(N4CCC(CC5COC5)CC4)c(F)c3c2C(C)C)cn2ncnc12. The summed E-state index contributed by atoms with van der Waals surface area (Å²) in [5, 5.41) is 4.96. The molecule has 2 saturated heterocycles. The van der Waals surface area contributed by atoms with Crippen molar-refractivity contribution in [1.82, 2.24) is 24.6 Å². The van der Waals surface area contributed by atoms with Gasteiger partial charge in [0.25, 0.3) is 0 Å². The van der Waals surface area contributed by atoms with Crippen molar-refractivity contribution in [1.29, 1.82) is 0 Å². The number of ether oxygens (including phenoxy) is 1. The third kappa shape index (κ3) is 3.55. The maximum atomic E-state index is 16.1. The van der Waals surface area contributed by atoms with E-state index in [1.165, 1.54) is 6.42 Å². The second kappa shape index (κ2) is 8.34. The molecule has 2 aliphatic heterocycles. The topological polar surface area (TPSA) is 71.3 Å². The minimum Gasteiger partial charge on any atom is -0.381 e. The smallest absolute Gasteiger partial charge is 0.175 e. The zero-order chi connectivity index (χ0) is 23.4. The van der Waals surface area contributed by atoms with E-state index < -0.39 is 0 Å².